The lowest BCUT2D eigenvalue weighted by Crippen LogP contribution is -2.29. The molecule has 1 saturated carbocycles. The number of rotatable bonds is 3. The molecule has 144 valence electrons. The molecule has 2 aliphatic heterocycles. The number of hydrogen-bond donors (Lipinski definition) is 0. The fourth-order valence-corrected chi connectivity index (χ4v) is 6.11. The second-order valence-electron chi connectivity index (χ2n) is 7.77. The standard InChI is InChI=1S/C22H20O5S/c1-10-13(9-16(28-10)11-3-5-12(6-4-11)22(25)26-2)17-20(23)18-14-7-8-15(27-14)19(18)21(17)24/h3-6,9,14-15,17-19H,7-8H2,1-2H3/t14-,15+,17?,18-,19+. The first-order chi connectivity index (χ1) is 13.5. The van der Waals surface area contributed by atoms with Gasteiger partial charge in [0.15, 0.2) is 11.6 Å². The van der Waals surface area contributed by atoms with Crippen molar-refractivity contribution in [2.75, 3.05) is 7.11 Å². The highest BCUT2D eigenvalue weighted by atomic mass is 32.1. The van der Waals surface area contributed by atoms with Crippen LogP contribution >= 0.6 is 11.3 Å². The van der Waals surface area contributed by atoms with Gasteiger partial charge in [0, 0.05) is 9.75 Å². The van der Waals surface area contributed by atoms with E-state index in [4.69, 9.17) is 9.47 Å². The zero-order valence-corrected chi connectivity index (χ0v) is 16.5. The largest absolute Gasteiger partial charge is 0.465 e. The molecule has 2 saturated heterocycles. The summed E-state index contributed by atoms with van der Waals surface area (Å²) in [7, 11) is 1.35. The lowest BCUT2D eigenvalue weighted by molar-refractivity contribution is -0.127. The van der Waals surface area contributed by atoms with Gasteiger partial charge in [-0.25, -0.2) is 4.79 Å². The maximum atomic E-state index is 13.1. The van der Waals surface area contributed by atoms with Crippen LogP contribution in [0.2, 0.25) is 0 Å². The maximum Gasteiger partial charge on any atom is 0.337 e. The molecule has 1 unspecified atom stereocenters. The lowest BCUT2D eigenvalue weighted by atomic mass is 9.81. The number of methoxy groups -OCH3 is 1. The zero-order valence-electron chi connectivity index (χ0n) is 15.6. The molecule has 2 bridgehead atoms. The molecule has 0 N–H and O–H groups in total. The summed E-state index contributed by atoms with van der Waals surface area (Å²) in [5, 5.41) is 0. The molecule has 3 heterocycles. The van der Waals surface area contributed by atoms with Crippen LogP contribution in [0, 0.1) is 18.8 Å². The van der Waals surface area contributed by atoms with Crippen molar-refractivity contribution in [1.29, 1.82) is 0 Å². The summed E-state index contributed by atoms with van der Waals surface area (Å²) in [5.74, 6) is -1.45. The molecule has 5 nitrogen and oxygen atoms in total. The summed E-state index contributed by atoms with van der Waals surface area (Å²) in [6.07, 6.45) is 1.64. The molecule has 5 rings (SSSR count). The monoisotopic (exact) mass is 396 g/mol. The molecule has 2 aromatic rings. The molecular formula is C22H20O5S. The Labute approximate surface area is 166 Å². The minimum Gasteiger partial charge on any atom is -0.465 e. The van der Waals surface area contributed by atoms with Gasteiger partial charge in [0.25, 0.3) is 0 Å². The Morgan fingerprint density at radius 3 is 2.25 bits per heavy atom. The number of aryl methyl sites for hydroxylation is 1. The van der Waals surface area contributed by atoms with Crippen molar-refractivity contribution in [1.82, 2.24) is 0 Å². The van der Waals surface area contributed by atoms with Gasteiger partial charge in [0.05, 0.1) is 36.7 Å². The quantitative estimate of drug-likeness (QED) is 0.586. The Kier molecular flexibility index (Phi) is 4.03. The van der Waals surface area contributed by atoms with Crippen LogP contribution in [-0.4, -0.2) is 36.9 Å². The van der Waals surface area contributed by atoms with Gasteiger partial charge in [-0.15, -0.1) is 11.3 Å². The van der Waals surface area contributed by atoms with E-state index in [1.165, 1.54) is 7.11 Å². The smallest absolute Gasteiger partial charge is 0.337 e. The summed E-state index contributed by atoms with van der Waals surface area (Å²) in [6.45, 7) is 1.96. The van der Waals surface area contributed by atoms with Gasteiger partial charge >= 0.3 is 5.97 Å². The average molecular weight is 396 g/mol. The number of esters is 1. The summed E-state index contributed by atoms with van der Waals surface area (Å²) in [4.78, 5) is 39.8. The molecule has 1 aliphatic carbocycles. The molecular weight excluding hydrogens is 376 g/mol. The fraction of sp³-hybridized carbons (Fsp3) is 0.409. The molecule has 1 aromatic carbocycles. The van der Waals surface area contributed by atoms with Crippen molar-refractivity contribution in [2.24, 2.45) is 11.8 Å². The number of hydrogen-bond acceptors (Lipinski definition) is 6. The van der Waals surface area contributed by atoms with Crippen molar-refractivity contribution < 1.29 is 23.9 Å². The molecule has 3 aliphatic rings. The van der Waals surface area contributed by atoms with E-state index in [2.05, 4.69) is 0 Å². The third kappa shape index (κ3) is 2.44. The minimum absolute atomic E-state index is 0.0377. The molecule has 0 amide bonds. The van der Waals surface area contributed by atoms with E-state index in [0.717, 1.165) is 33.7 Å². The Hall–Kier alpha value is -2.31. The highest BCUT2D eigenvalue weighted by molar-refractivity contribution is 7.15. The highest BCUT2D eigenvalue weighted by Crippen LogP contribution is 2.53. The first kappa shape index (κ1) is 17.8. The van der Waals surface area contributed by atoms with Crippen LogP contribution in [-0.2, 0) is 19.1 Å². The molecule has 6 heteroatoms. The molecule has 3 fully saturated rings. The third-order valence-corrected chi connectivity index (χ3v) is 7.47. The van der Waals surface area contributed by atoms with E-state index in [1.807, 2.05) is 25.1 Å². The summed E-state index contributed by atoms with van der Waals surface area (Å²) in [5.41, 5.74) is 2.28. The van der Waals surface area contributed by atoms with E-state index in [-0.39, 0.29) is 41.6 Å². The van der Waals surface area contributed by atoms with Crippen LogP contribution < -0.4 is 0 Å². The molecule has 0 spiro atoms. The molecule has 28 heavy (non-hydrogen) atoms. The number of carbonyl (C=O) groups is 3. The second kappa shape index (κ2) is 6.36. The van der Waals surface area contributed by atoms with Crippen LogP contribution in [0.5, 0.6) is 0 Å². The van der Waals surface area contributed by atoms with Crippen molar-refractivity contribution in [3.05, 3.63) is 46.3 Å². The number of benzene rings is 1. The SMILES string of the molecule is COC(=O)c1ccc(-c2cc(C3C(=O)[C@@H]4[C@H](C3=O)[C@H]3CC[C@@H]4O3)c(C)s2)cc1. The highest BCUT2D eigenvalue weighted by Gasteiger charge is 2.63. The van der Waals surface area contributed by atoms with Crippen molar-refractivity contribution >= 4 is 28.9 Å². The topological polar surface area (TPSA) is 69.7 Å². The zero-order chi connectivity index (χ0) is 19.6. The van der Waals surface area contributed by atoms with Gasteiger partial charge in [-0.1, -0.05) is 12.1 Å². The Balaban J connectivity index is 1.46. The van der Waals surface area contributed by atoms with E-state index in [1.54, 1.807) is 23.5 Å². The number of fused-ring (bicyclic) bond motifs is 5. The molecule has 1 aromatic heterocycles. The van der Waals surface area contributed by atoms with Gasteiger partial charge < -0.3 is 9.47 Å². The van der Waals surface area contributed by atoms with Crippen LogP contribution in [0.3, 0.4) is 0 Å². The second-order valence-corrected chi connectivity index (χ2v) is 9.03. The van der Waals surface area contributed by atoms with Crippen molar-refractivity contribution in [3.8, 4) is 10.4 Å². The lowest BCUT2D eigenvalue weighted by Gasteiger charge is -2.16. The number of ketones is 2. The number of carbonyl (C=O) groups excluding carboxylic acids is 3. The predicted molar refractivity (Wildman–Crippen MR) is 103 cm³/mol. The van der Waals surface area contributed by atoms with Crippen molar-refractivity contribution in [2.45, 2.75) is 37.9 Å². The number of thiophene rings is 1. The first-order valence-electron chi connectivity index (χ1n) is 9.51. The third-order valence-electron chi connectivity index (χ3n) is 6.36. The Morgan fingerprint density at radius 1 is 1.07 bits per heavy atom. The van der Waals surface area contributed by atoms with Crippen LogP contribution in [0.1, 0.15) is 39.6 Å². The van der Waals surface area contributed by atoms with Crippen LogP contribution in [0.4, 0.5) is 0 Å². The minimum atomic E-state index is -0.652. The van der Waals surface area contributed by atoms with Gasteiger partial charge in [0.1, 0.15) is 5.92 Å². The summed E-state index contributed by atoms with van der Waals surface area (Å²) < 4.78 is 10.6. The maximum absolute atomic E-state index is 13.1. The normalized spacial score (nSPS) is 30.7. The van der Waals surface area contributed by atoms with Gasteiger partial charge in [-0.3, -0.25) is 9.59 Å². The van der Waals surface area contributed by atoms with Gasteiger partial charge in [-0.2, -0.15) is 0 Å². The van der Waals surface area contributed by atoms with Crippen molar-refractivity contribution in [3.63, 3.8) is 0 Å². The van der Waals surface area contributed by atoms with Gasteiger partial charge in [0.2, 0.25) is 0 Å². The Bertz CT molecular complexity index is 961. The predicted octanol–water partition coefficient (Wildman–Crippen LogP) is 3.54. The van der Waals surface area contributed by atoms with E-state index < -0.39 is 5.92 Å². The number of Topliss-reactive ketones (excluding diaryl/α,β-unsaturated/α-hetero) is 2. The van der Waals surface area contributed by atoms with E-state index >= 15 is 0 Å². The summed E-state index contributed by atoms with van der Waals surface area (Å²) >= 11 is 1.57. The van der Waals surface area contributed by atoms with Crippen LogP contribution in [0.25, 0.3) is 10.4 Å². The number of ether oxygens (including phenoxy) is 2. The van der Waals surface area contributed by atoms with Crippen LogP contribution in [0.15, 0.2) is 30.3 Å². The average Bonchev–Trinajstić information content (AvgIpc) is 3.46. The Morgan fingerprint density at radius 2 is 1.68 bits per heavy atom. The van der Waals surface area contributed by atoms with Gasteiger partial charge in [-0.05, 0) is 49.1 Å². The fourth-order valence-electron chi connectivity index (χ4n) is 5.05. The first-order valence-corrected chi connectivity index (χ1v) is 10.3. The van der Waals surface area contributed by atoms with E-state index in [0.29, 0.717) is 5.56 Å². The molecule has 0 radical (unpaired) electrons. The van der Waals surface area contributed by atoms with E-state index in [9.17, 15) is 14.4 Å². The summed E-state index contributed by atoms with van der Waals surface area (Å²) in [6, 6.07) is 9.14. The molecule has 5 atom stereocenters.